The number of aromatic nitrogens is 1. The van der Waals surface area contributed by atoms with Crippen LogP contribution in [0.25, 0.3) is 0 Å². The Labute approximate surface area is 162 Å². The molecule has 1 heterocycles. The molecule has 0 saturated heterocycles. The van der Waals surface area contributed by atoms with E-state index in [0.29, 0.717) is 17.0 Å². The molecule has 140 valence electrons. The largest absolute Gasteiger partial charge is 0.478 e. The molecule has 0 bridgehead atoms. The molecule has 1 aromatic carbocycles. The lowest BCUT2D eigenvalue weighted by molar-refractivity contribution is -0.115. The maximum Gasteiger partial charge on any atom is 0.337 e. The van der Waals surface area contributed by atoms with E-state index in [1.54, 1.807) is 24.3 Å². The van der Waals surface area contributed by atoms with Crippen LogP contribution in [0.1, 0.15) is 54.7 Å². The number of carbonyl (C=O) groups excluding carboxylic acids is 1. The molecule has 0 spiro atoms. The Morgan fingerprint density at radius 3 is 2.56 bits per heavy atom. The number of nitrogens with one attached hydrogen (secondary N) is 1. The predicted molar refractivity (Wildman–Crippen MR) is 105 cm³/mol. The number of carboxylic acid groups (broad SMARTS) is 1. The maximum atomic E-state index is 12.7. The molecular formula is C20H21N3O3S. The van der Waals surface area contributed by atoms with E-state index in [1.807, 2.05) is 26.8 Å². The molecule has 6 nitrogen and oxygen atoms in total. The number of nitrogens with zero attached hydrogens (tertiary/aromatic N) is 2. The fraction of sp³-hybridized carbons (Fsp3) is 0.300. The van der Waals surface area contributed by atoms with Crippen molar-refractivity contribution in [3.8, 4) is 6.07 Å². The zero-order valence-corrected chi connectivity index (χ0v) is 16.2. The molecule has 0 radical (unpaired) electrons. The van der Waals surface area contributed by atoms with Gasteiger partial charge in [0.2, 0.25) is 5.91 Å². The lowest BCUT2D eigenvalue weighted by atomic mass is 10.1. The number of carbonyl (C=O) groups is 2. The number of rotatable bonds is 7. The second-order valence-electron chi connectivity index (χ2n) is 6.21. The van der Waals surface area contributed by atoms with E-state index in [9.17, 15) is 20.0 Å². The first kappa shape index (κ1) is 20.5. The van der Waals surface area contributed by atoms with Gasteiger partial charge in [0.25, 0.3) is 0 Å². The Morgan fingerprint density at radius 1 is 1.26 bits per heavy atom. The number of thioether (sulfide) groups is 1. The van der Waals surface area contributed by atoms with Crippen molar-refractivity contribution in [3.63, 3.8) is 0 Å². The Balaban J connectivity index is 2.25. The second-order valence-corrected chi connectivity index (χ2v) is 7.40. The van der Waals surface area contributed by atoms with E-state index < -0.39 is 11.2 Å². The van der Waals surface area contributed by atoms with Gasteiger partial charge in [0.1, 0.15) is 11.1 Å². The van der Waals surface area contributed by atoms with Gasteiger partial charge in [0, 0.05) is 5.69 Å². The lowest BCUT2D eigenvalue weighted by Gasteiger charge is -2.17. The van der Waals surface area contributed by atoms with Gasteiger partial charge in [-0.1, -0.05) is 44.7 Å². The molecule has 27 heavy (non-hydrogen) atoms. The Kier molecular flexibility index (Phi) is 6.97. The Bertz CT molecular complexity index is 890. The zero-order chi connectivity index (χ0) is 20.0. The first-order chi connectivity index (χ1) is 12.9. The van der Waals surface area contributed by atoms with Crippen LogP contribution in [0.5, 0.6) is 0 Å². The molecule has 2 rings (SSSR count). The van der Waals surface area contributed by atoms with Crippen molar-refractivity contribution in [2.45, 2.75) is 43.4 Å². The van der Waals surface area contributed by atoms with Crippen molar-refractivity contribution in [2.75, 3.05) is 5.32 Å². The Hall–Kier alpha value is -2.85. The van der Waals surface area contributed by atoms with Gasteiger partial charge in [0.15, 0.2) is 0 Å². The molecule has 2 N–H and O–H groups in total. The summed E-state index contributed by atoms with van der Waals surface area (Å²) < 4.78 is 0. The number of hydrogen-bond donors (Lipinski definition) is 2. The molecule has 2 aromatic rings. The lowest BCUT2D eigenvalue weighted by Crippen LogP contribution is -2.25. The van der Waals surface area contributed by atoms with E-state index in [2.05, 4.69) is 16.4 Å². The first-order valence-electron chi connectivity index (χ1n) is 8.58. The summed E-state index contributed by atoms with van der Waals surface area (Å²) in [7, 11) is 0. The minimum absolute atomic E-state index is 0.0309. The monoisotopic (exact) mass is 383 g/mol. The maximum absolute atomic E-state index is 12.7. The summed E-state index contributed by atoms with van der Waals surface area (Å²) in [6.45, 7) is 5.88. The highest BCUT2D eigenvalue weighted by atomic mass is 32.2. The Morgan fingerprint density at radius 2 is 1.96 bits per heavy atom. The van der Waals surface area contributed by atoms with E-state index in [0.717, 1.165) is 5.69 Å². The first-order valence-corrected chi connectivity index (χ1v) is 9.46. The van der Waals surface area contributed by atoms with Crippen molar-refractivity contribution < 1.29 is 14.7 Å². The molecule has 0 fully saturated rings. The third-order valence-electron chi connectivity index (χ3n) is 3.93. The molecule has 0 aliphatic rings. The van der Waals surface area contributed by atoms with Crippen LogP contribution < -0.4 is 5.32 Å². The smallest absolute Gasteiger partial charge is 0.337 e. The second kappa shape index (κ2) is 9.19. The highest BCUT2D eigenvalue weighted by Crippen LogP contribution is 2.29. The molecule has 1 unspecified atom stereocenters. The number of carboxylic acids is 1. The topological polar surface area (TPSA) is 103 Å². The zero-order valence-electron chi connectivity index (χ0n) is 15.4. The summed E-state index contributed by atoms with van der Waals surface area (Å²) in [5.74, 6) is -1.23. The summed E-state index contributed by atoms with van der Waals surface area (Å²) >= 11 is 1.22. The summed E-state index contributed by atoms with van der Waals surface area (Å²) in [6.07, 6.45) is 0.504. The molecule has 0 aliphatic carbocycles. The molecule has 7 heteroatoms. The van der Waals surface area contributed by atoms with Crippen LogP contribution in [-0.4, -0.2) is 27.2 Å². The van der Waals surface area contributed by atoms with Gasteiger partial charge in [-0.15, -0.1) is 0 Å². The van der Waals surface area contributed by atoms with Gasteiger partial charge in [-0.3, -0.25) is 4.79 Å². The standard InChI is InChI=1S/C20H21N3O3S/c1-4-17(18(24)22-16-8-6-5-7-14(16)20(25)26)27-19-13(11-21)9-10-15(23-19)12(2)3/h5-10,12,17H,4H2,1-3H3,(H,22,24)(H,25,26). The number of para-hydroxylation sites is 1. The number of hydrogen-bond acceptors (Lipinski definition) is 5. The predicted octanol–water partition coefficient (Wildman–Crippen LogP) is 4.28. The highest BCUT2D eigenvalue weighted by Gasteiger charge is 2.22. The number of pyridine rings is 1. The van der Waals surface area contributed by atoms with E-state index in [1.165, 1.54) is 17.8 Å². The van der Waals surface area contributed by atoms with E-state index in [4.69, 9.17) is 0 Å². The third kappa shape index (κ3) is 5.08. The molecule has 0 saturated carbocycles. The molecule has 1 amide bonds. The summed E-state index contributed by atoms with van der Waals surface area (Å²) in [4.78, 5) is 28.6. The van der Waals surface area contributed by atoms with Crippen LogP contribution in [0.4, 0.5) is 5.69 Å². The highest BCUT2D eigenvalue weighted by molar-refractivity contribution is 8.00. The van der Waals surface area contributed by atoms with Crippen molar-refractivity contribution in [1.29, 1.82) is 5.26 Å². The fourth-order valence-electron chi connectivity index (χ4n) is 2.40. The van der Waals surface area contributed by atoms with Crippen LogP contribution in [0.3, 0.4) is 0 Å². The van der Waals surface area contributed by atoms with E-state index >= 15 is 0 Å². The van der Waals surface area contributed by atoms with Crippen molar-refractivity contribution in [3.05, 3.63) is 53.2 Å². The van der Waals surface area contributed by atoms with Gasteiger partial charge in [-0.05, 0) is 36.6 Å². The average molecular weight is 383 g/mol. The van der Waals surface area contributed by atoms with Crippen molar-refractivity contribution in [2.24, 2.45) is 0 Å². The SMILES string of the molecule is CCC(Sc1nc(C(C)C)ccc1C#N)C(=O)Nc1ccccc1C(=O)O. The summed E-state index contributed by atoms with van der Waals surface area (Å²) in [6, 6.07) is 11.9. The van der Waals surface area contributed by atoms with Crippen LogP contribution in [-0.2, 0) is 4.79 Å². The van der Waals surface area contributed by atoms with Crippen molar-refractivity contribution in [1.82, 2.24) is 4.98 Å². The van der Waals surface area contributed by atoms with E-state index in [-0.39, 0.29) is 23.1 Å². The van der Waals surface area contributed by atoms with Crippen LogP contribution in [0.15, 0.2) is 41.4 Å². The number of benzene rings is 1. The number of amides is 1. The summed E-state index contributed by atoms with van der Waals surface area (Å²) in [5, 5.41) is 21.3. The number of anilines is 1. The minimum atomic E-state index is -1.11. The van der Waals surface area contributed by atoms with Gasteiger partial charge in [-0.2, -0.15) is 5.26 Å². The van der Waals surface area contributed by atoms with Gasteiger partial charge in [0.05, 0.1) is 22.1 Å². The molecular weight excluding hydrogens is 362 g/mol. The van der Waals surface area contributed by atoms with Crippen molar-refractivity contribution >= 4 is 29.3 Å². The number of aromatic carboxylic acids is 1. The quantitative estimate of drug-likeness (QED) is 0.692. The molecule has 1 atom stereocenters. The van der Waals surface area contributed by atoms with Crippen LogP contribution in [0.2, 0.25) is 0 Å². The summed E-state index contributed by atoms with van der Waals surface area (Å²) in [5.41, 5.74) is 1.55. The average Bonchev–Trinajstić information content (AvgIpc) is 2.65. The minimum Gasteiger partial charge on any atom is -0.478 e. The van der Waals surface area contributed by atoms with Gasteiger partial charge < -0.3 is 10.4 Å². The van der Waals surface area contributed by atoms with Crippen LogP contribution >= 0.6 is 11.8 Å². The van der Waals surface area contributed by atoms with Crippen LogP contribution in [0, 0.1) is 11.3 Å². The molecule has 1 aromatic heterocycles. The van der Waals surface area contributed by atoms with Gasteiger partial charge in [-0.25, -0.2) is 9.78 Å². The normalized spacial score (nSPS) is 11.7. The third-order valence-corrected chi connectivity index (χ3v) is 5.29. The van der Waals surface area contributed by atoms with Gasteiger partial charge >= 0.3 is 5.97 Å². The number of nitriles is 1. The fourth-order valence-corrected chi connectivity index (χ4v) is 3.40. The molecule has 0 aliphatic heterocycles.